The van der Waals surface area contributed by atoms with Crippen LogP contribution in [0.15, 0.2) is 91.0 Å². The van der Waals surface area contributed by atoms with Crippen molar-refractivity contribution in [1.82, 2.24) is 5.32 Å². The zero-order valence-electron chi connectivity index (χ0n) is 13.1. The Balaban J connectivity index is 1.70. The largest absolute Gasteiger partial charge is 0.302 e. The minimum Gasteiger partial charge on any atom is -0.302 e. The molecule has 1 aliphatic heterocycles. The SMILES string of the molecule is c1ccc([C@@H]2C[C@@H](c3ccccc3)[C@H](c3ccccc3)N2)cc1. The van der Waals surface area contributed by atoms with Gasteiger partial charge in [-0.2, -0.15) is 0 Å². The first-order valence-electron chi connectivity index (χ1n) is 8.33. The summed E-state index contributed by atoms with van der Waals surface area (Å²) in [4.78, 5) is 0. The highest BCUT2D eigenvalue weighted by molar-refractivity contribution is 5.33. The Morgan fingerprint density at radius 2 is 1.04 bits per heavy atom. The van der Waals surface area contributed by atoms with Crippen molar-refractivity contribution in [2.45, 2.75) is 24.4 Å². The third-order valence-corrected chi connectivity index (χ3v) is 4.86. The van der Waals surface area contributed by atoms with Gasteiger partial charge in [0.15, 0.2) is 0 Å². The molecule has 3 aromatic carbocycles. The molecule has 1 N–H and O–H groups in total. The lowest BCUT2D eigenvalue weighted by atomic mass is 9.86. The molecule has 0 bridgehead atoms. The van der Waals surface area contributed by atoms with Gasteiger partial charge in [0.2, 0.25) is 0 Å². The Labute approximate surface area is 138 Å². The van der Waals surface area contributed by atoms with Gasteiger partial charge in [0, 0.05) is 18.0 Å². The van der Waals surface area contributed by atoms with Crippen molar-refractivity contribution in [2.24, 2.45) is 0 Å². The van der Waals surface area contributed by atoms with Crippen LogP contribution in [0.4, 0.5) is 0 Å². The van der Waals surface area contributed by atoms with Crippen LogP contribution in [0.5, 0.6) is 0 Å². The maximum absolute atomic E-state index is 3.87. The Morgan fingerprint density at radius 1 is 0.565 bits per heavy atom. The van der Waals surface area contributed by atoms with Gasteiger partial charge in [-0.15, -0.1) is 0 Å². The molecule has 0 unspecified atom stereocenters. The minimum atomic E-state index is 0.365. The van der Waals surface area contributed by atoms with Crippen LogP contribution in [-0.2, 0) is 0 Å². The summed E-state index contributed by atoms with van der Waals surface area (Å²) in [6.07, 6.45) is 1.13. The van der Waals surface area contributed by atoms with E-state index >= 15 is 0 Å². The van der Waals surface area contributed by atoms with E-state index in [0.717, 1.165) is 6.42 Å². The summed E-state index contributed by atoms with van der Waals surface area (Å²) in [6.45, 7) is 0. The fourth-order valence-electron chi connectivity index (χ4n) is 3.73. The van der Waals surface area contributed by atoms with Crippen LogP contribution in [0, 0.1) is 0 Å². The number of benzene rings is 3. The number of hydrogen-bond donors (Lipinski definition) is 1. The molecule has 0 aromatic heterocycles. The average Bonchev–Trinajstić information content (AvgIpc) is 3.09. The first-order chi connectivity index (χ1) is 11.4. The van der Waals surface area contributed by atoms with Crippen LogP contribution in [0.3, 0.4) is 0 Å². The van der Waals surface area contributed by atoms with E-state index in [1.165, 1.54) is 16.7 Å². The van der Waals surface area contributed by atoms with Crippen LogP contribution < -0.4 is 5.32 Å². The topological polar surface area (TPSA) is 12.0 Å². The molecule has 0 spiro atoms. The van der Waals surface area contributed by atoms with Gasteiger partial charge in [-0.05, 0) is 23.1 Å². The summed E-state index contributed by atoms with van der Waals surface area (Å²) >= 11 is 0. The van der Waals surface area contributed by atoms with E-state index in [0.29, 0.717) is 18.0 Å². The van der Waals surface area contributed by atoms with Gasteiger partial charge >= 0.3 is 0 Å². The smallest absolute Gasteiger partial charge is 0.0395 e. The highest BCUT2D eigenvalue weighted by Crippen LogP contribution is 2.45. The van der Waals surface area contributed by atoms with Gasteiger partial charge in [-0.1, -0.05) is 91.0 Å². The molecular weight excluding hydrogens is 278 g/mol. The molecule has 0 amide bonds. The van der Waals surface area contributed by atoms with Gasteiger partial charge in [-0.25, -0.2) is 0 Å². The summed E-state index contributed by atoms with van der Waals surface area (Å²) in [5.41, 5.74) is 4.18. The van der Waals surface area contributed by atoms with Crippen LogP contribution in [0.2, 0.25) is 0 Å². The molecule has 1 aliphatic rings. The molecule has 0 radical (unpaired) electrons. The van der Waals surface area contributed by atoms with Crippen molar-refractivity contribution in [2.75, 3.05) is 0 Å². The molecule has 3 atom stereocenters. The molecule has 4 rings (SSSR count). The van der Waals surface area contributed by atoms with E-state index in [4.69, 9.17) is 0 Å². The second-order valence-electron chi connectivity index (χ2n) is 6.27. The fraction of sp³-hybridized carbons (Fsp3) is 0.182. The summed E-state index contributed by atoms with van der Waals surface area (Å²) in [5, 5.41) is 3.87. The molecule has 0 aliphatic carbocycles. The van der Waals surface area contributed by atoms with Crippen molar-refractivity contribution in [3.8, 4) is 0 Å². The molecule has 1 heteroatoms. The minimum absolute atomic E-state index is 0.365. The van der Waals surface area contributed by atoms with Crippen molar-refractivity contribution >= 4 is 0 Å². The molecule has 1 heterocycles. The lowest BCUT2D eigenvalue weighted by Gasteiger charge is -2.20. The molecule has 1 fully saturated rings. The predicted molar refractivity (Wildman–Crippen MR) is 95.3 cm³/mol. The lowest BCUT2D eigenvalue weighted by molar-refractivity contribution is 0.554. The summed E-state index contributed by atoms with van der Waals surface area (Å²) in [6, 6.07) is 33.3. The summed E-state index contributed by atoms with van der Waals surface area (Å²) in [5.74, 6) is 0.504. The van der Waals surface area contributed by atoms with Crippen molar-refractivity contribution in [3.63, 3.8) is 0 Å². The van der Waals surface area contributed by atoms with Crippen LogP contribution in [0.25, 0.3) is 0 Å². The quantitative estimate of drug-likeness (QED) is 0.697. The molecule has 3 aromatic rings. The van der Waals surface area contributed by atoms with Gasteiger partial charge < -0.3 is 5.32 Å². The van der Waals surface area contributed by atoms with E-state index in [9.17, 15) is 0 Å². The van der Waals surface area contributed by atoms with Gasteiger partial charge in [-0.3, -0.25) is 0 Å². The van der Waals surface area contributed by atoms with E-state index in [-0.39, 0.29) is 0 Å². The highest BCUT2D eigenvalue weighted by Gasteiger charge is 2.35. The van der Waals surface area contributed by atoms with E-state index in [2.05, 4.69) is 96.3 Å². The molecule has 114 valence electrons. The predicted octanol–water partition coefficient (Wildman–Crippen LogP) is 5.25. The Bertz CT molecular complexity index is 689. The van der Waals surface area contributed by atoms with Crippen LogP contribution >= 0.6 is 0 Å². The third-order valence-electron chi connectivity index (χ3n) is 4.86. The molecule has 23 heavy (non-hydrogen) atoms. The van der Waals surface area contributed by atoms with Crippen LogP contribution in [0.1, 0.15) is 41.1 Å². The molecule has 1 saturated heterocycles. The number of rotatable bonds is 3. The standard InChI is InChI=1S/C22H21N/c1-4-10-17(11-5-1)20-16-21(18-12-6-2-7-13-18)23-22(20)19-14-8-3-9-15-19/h1-15,20-23H,16H2/t20-,21-,22-/m0/s1. The maximum atomic E-state index is 3.87. The summed E-state index contributed by atoms with van der Waals surface area (Å²) in [7, 11) is 0. The average molecular weight is 299 g/mol. The molecule has 0 saturated carbocycles. The molecular formula is C22H21N. The Kier molecular flexibility index (Phi) is 3.95. The van der Waals surface area contributed by atoms with Crippen molar-refractivity contribution < 1.29 is 0 Å². The zero-order valence-corrected chi connectivity index (χ0v) is 13.1. The number of nitrogens with one attached hydrogen (secondary N) is 1. The first kappa shape index (κ1) is 14.2. The van der Waals surface area contributed by atoms with Crippen molar-refractivity contribution in [3.05, 3.63) is 108 Å². The maximum Gasteiger partial charge on any atom is 0.0395 e. The van der Waals surface area contributed by atoms with Gasteiger partial charge in [0.1, 0.15) is 0 Å². The van der Waals surface area contributed by atoms with Gasteiger partial charge in [0.25, 0.3) is 0 Å². The lowest BCUT2D eigenvalue weighted by Crippen LogP contribution is -2.19. The van der Waals surface area contributed by atoms with Crippen molar-refractivity contribution in [1.29, 1.82) is 0 Å². The van der Waals surface area contributed by atoms with E-state index in [1.807, 2.05) is 0 Å². The monoisotopic (exact) mass is 299 g/mol. The first-order valence-corrected chi connectivity index (χ1v) is 8.33. The Morgan fingerprint density at radius 3 is 1.61 bits per heavy atom. The van der Waals surface area contributed by atoms with Gasteiger partial charge in [0.05, 0.1) is 0 Å². The second-order valence-corrected chi connectivity index (χ2v) is 6.27. The number of hydrogen-bond acceptors (Lipinski definition) is 1. The fourth-order valence-corrected chi connectivity index (χ4v) is 3.73. The zero-order chi connectivity index (χ0) is 15.5. The highest BCUT2D eigenvalue weighted by atomic mass is 15.0. The van der Waals surface area contributed by atoms with E-state index < -0.39 is 0 Å². The second kappa shape index (κ2) is 6.39. The third kappa shape index (κ3) is 2.93. The van der Waals surface area contributed by atoms with E-state index in [1.54, 1.807) is 0 Å². The molecule has 1 nitrogen and oxygen atoms in total. The Hall–Kier alpha value is -2.38. The normalized spacial score (nSPS) is 23.7. The van der Waals surface area contributed by atoms with Crippen LogP contribution in [-0.4, -0.2) is 0 Å². The summed E-state index contributed by atoms with van der Waals surface area (Å²) < 4.78 is 0.